The third-order valence-corrected chi connectivity index (χ3v) is 3.89. The minimum absolute atomic E-state index is 0.303. The zero-order valence-electron chi connectivity index (χ0n) is 12.0. The molecular weight excluding hydrogens is 282 g/mol. The zero-order chi connectivity index (χ0) is 14.9. The molecule has 1 N–H and O–H groups in total. The predicted octanol–water partition coefficient (Wildman–Crippen LogP) is 4.01. The SMILES string of the molecule is Cc1ccc(SCCNC(=O)OCc2ccccc2)cc1. The number of carbonyl (C=O) groups is 1. The van der Waals surface area contributed by atoms with E-state index in [1.807, 2.05) is 30.3 Å². The Labute approximate surface area is 129 Å². The Morgan fingerprint density at radius 1 is 1.10 bits per heavy atom. The van der Waals surface area contributed by atoms with Crippen molar-refractivity contribution in [3.63, 3.8) is 0 Å². The molecule has 21 heavy (non-hydrogen) atoms. The van der Waals surface area contributed by atoms with Gasteiger partial charge in [0.25, 0.3) is 0 Å². The number of thioether (sulfide) groups is 1. The first kappa shape index (κ1) is 15.4. The monoisotopic (exact) mass is 301 g/mol. The second-order valence-electron chi connectivity index (χ2n) is 4.65. The highest BCUT2D eigenvalue weighted by Crippen LogP contribution is 2.17. The highest BCUT2D eigenvalue weighted by Gasteiger charge is 2.02. The molecule has 2 aromatic carbocycles. The van der Waals surface area contributed by atoms with Gasteiger partial charge in [-0.1, -0.05) is 48.0 Å². The molecule has 0 spiro atoms. The molecule has 0 bridgehead atoms. The Morgan fingerprint density at radius 3 is 2.52 bits per heavy atom. The molecule has 0 aliphatic carbocycles. The van der Waals surface area contributed by atoms with Crippen molar-refractivity contribution in [2.24, 2.45) is 0 Å². The summed E-state index contributed by atoms with van der Waals surface area (Å²) in [5.41, 5.74) is 2.24. The van der Waals surface area contributed by atoms with E-state index in [2.05, 4.69) is 36.5 Å². The number of alkyl carbamates (subject to hydrolysis) is 1. The Bertz CT molecular complexity index is 555. The van der Waals surface area contributed by atoms with Gasteiger partial charge >= 0.3 is 6.09 Å². The van der Waals surface area contributed by atoms with E-state index in [-0.39, 0.29) is 6.09 Å². The zero-order valence-corrected chi connectivity index (χ0v) is 12.9. The fourth-order valence-corrected chi connectivity index (χ4v) is 2.50. The third-order valence-electron chi connectivity index (χ3n) is 2.87. The van der Waals surface area contributed by atoms with Gasteiger partial charge in [-0.05, 0) is 24.6 Å². The fraction of sp³-hybridized carbons (Fsp3) is 0.235. The quantitative estimate of drug-likeness (QED) is 0.647. The molecular formula is C17H19NO2S. The summed E-state index contributed by atoms with van der Waals surface area (Å²) in [5.74, 6) is 0.823. The molecule has 0 radical (unpaired) electrons. The van der Waals surface area contributed by atoms with Crippen LogP contribution in [0.4, 0.5) is 4.79 Å². The molecule has 0 heterocycles. The summed E-state index contributed by atoms with van der Waals surface area (Å²) in [6, 6.07) is 18.0. The topological polar surface area (TPSA) is 38.3 Å². The van der Waals surface area contributed by atoms with Crippen molar-refractivity contribution in [2.45, 2.75) is 18.4 Å². The van der Waals surface area contributed by atoms with Gasteiger partial charge in [0.1, 0.15) is 6.61 Å². The van der Waals surface area contributed by atoms with E-state index < -0.39 is 0 Å². The molecule has 2 aromatic rings. The van der Waals surface area contributed by atoms with Crippen molar-refractivity contribution in [3.05, 3.63) is 65.7 Å². The number of hydrogen-bond acceptors (Lipinski definition) is 3. The summed E-state index contributed by atoms with van der Waals surface area (Å²) in [6.07, 6.45) is -0.372. The lowest BCUT2D eigenvalue weighted by Crippen LogP contribution is -2.26. The van der Waals surface area contributed by atoms with Crippen LogP contribution in [0.5, 0.6) is 0 Å². The normalized spacial score (nSPS) is 10.1. The van der Waals surface area contributed by atoms with E-state index in [1.165, 1.54) is 10.5 Å². The van der Waals surface area contributed by atoms with Gasteiger partial charge in [0.2, 0.25) is 0 Å². The Morgan fingerprint density at radius 2 is 1.81 bits per heavy atom. The maximum atomic E-state index is 11.5. The van der Waals surface area contributed by atoms with Crippen LogP contribution in [0.1, 0.15) is 11.1 Å². The molecule has 0 aromatic heterocycles. The van der Waals surface area contributed by atoms with Gasteiger partial charge in [-0.2, -0.15) is 0 Å². The second kappa shape index (κ2) is 8.37. The summed E-state index contributed by atoms with van der Waals surface area (Å²) < 4.78 is 5.14. The van der Waals surface area contributed by atoms with E-state index in [0.717, 1.165) is 11.3 Å². The van der Waals surface area contributed by atoms with Gasteiger partial charge < -0.3 is 10.1 Å². The van der Waals surface area contributed by atoms with Crippen molar-refractivity contribution in [3.8, 4) is 0 Å². The minimum atomic E-state index is -0.372. The van der Waals surface area contributed by atoms with Crippen LogP contribution in [0.25, 0.3) is 0 Å². The molecule has 110 valence electrons. The largest absolute Gasteiger partial charge is 0.445 e. The van der Waals surface area contributed by atoms with Crippen LogP contribution in [-0.2, 0) is 11.3 Å². The van der Waals surface area contributed by atoms with Gasteiger partial charge in [-0.15, -0.1) is 11.8 Å². The van der Waals surface area contributed by atoms with E-state index in [0.29, 0.717) is 13.2 Å². The van der Waals surface area contributed by atoms with E-state index >= 15 is 0 Å². The van der Waals surface area contributed by atoms with Crippen LogP contribution in [-0.4, -0.2) is 18.4 Å². The fourth-order valence-electron chi connectivity index (χ4n) is 1.73. The number of carbonyl (C=O) groups excluding carboxylic acids is 1. The molecule has 0 saturated carbocycles. The minimum Gasteiger partial charge on any atom is -0.445 e. The first-order valence-corrected chi connectivity index (χ1v) is 7.86. The first-order valence-electron chi connectivity index (χ1n) is 6.88. The molecule has 2 rings (SSSR count). The van der Waals surface area contributed by atoms with Crippen LogP contribution < -0.4 is 5.32 Å². The summed E-state index contributed by atoms with van der Waals surface area (Å²) in [5, 5.41) is 2.75. The van der Waals surface area contributed by atoms with Crippen molar-refractivity contribution in [1.29, 1.82) is 0 Å². The average Bonchev–Trinajstić information content (AvgIpc) is 2.52. The van der Waals surface area contributed by atoms with Gasteiger partial charge in [-0.3, -0.25) is 0 Å². The smallest absolute Gasteiger partial charge is 0.407 e. The molecule has 0 atom stereocenters. The summed E-state index contributed by atoms with van der Waals surface area (Å²) in [7, 11) is 0. The molecule has 0 saturated heterocycles. The highest BCUT2D eigenvalue weighted by molar-refractivity contribution is 7.99. The van der Waals surface area contributed by atoms with Crippen LogP contribution in [0, 0.1) is 6.92 Å². The lowest BCUT2D eigenvalue weighted by atomic mass is 10.2. The van der Waals surface area contributed by atoms with Gasteiger partial charge in [-0.25, -0.2) is 4.79 Å². The summed E-state index contributed by atoms with van der Waals surface area (Å²) >= 11 is 1.72. The molecule has 0 aliphatic rings. The Balaban J connectivity index is 1.60. The van der Waals surface area contributed by atoms with Crippen LogP contribution in [0.3, 0.4) is 0 Å². The molecule has 3 nitrogen and oxygen atoms in total. The number of nitrogens with one attached hydrogen (secondary N) is 1. The molecule has 4 heteroatoms. The standard InChI is InChI=1S/C17H19NO2S/c1-14-7-9-16(10-8-14)21-12-11-18-17(19)20-13-15-5-3-2-4-6-15/h2-10H,11-13H2,1H3,(H,18,19). The van der Waals surface area contributed by atoms with Crippen molar-refractivity contribution in [2.75, 3.05) is 12.3 Å². The highest BCUT2D eigenvalue weighted by atomic mass is 32.2. The number of rotatable bonds is 6. The Hall–Kier alpha value is -1.94. The Kier molecular flexibility index (Phi) is 6.16. The summed E-state index contributed by atoms with van der Waals surface area (Å²) in [6.45, 7) is 2.96. The molecule has 0 fully saturated rings. The number of benzene rings is 2. The van der Waals surface area contributed by atoms with Crippen LogP contribution in [0.2, 0.25) is 0 Å². The number of aryl methyl sites for hydroxylation is 1. The second-order valence-corrected chi connectivity index (χ2v) is 5.82. The third kappa shape index (κ3) is 5.92. The maximum absolute atomic E-state index is 11.5. The van der Waals surface area contributed by atoms with Crippen molar-refractivity contribution >= 4 is 17.9 Å². The average molecular weight is 301 g/mol. The lowest BCUT2D eigenvalue weighted by Gasteiger charge is -2.07. The number of amides is 1. The van der Waals surface area contributed by atoms with Crippen LogP contribution >= 0.6 is 11.8 Å². The molecule has 1 amide bonds. The lowest BCUT2D eigenvalue weighted by molar-refractivity contribution is 0.140. The van der Waals surface area contributed by atoms with E-state index in [1.54, 1.807) is 11.8 Å². The van der Waals surface area contributed by atoms with Crippen molar-refractivity contribution < 1.29 is 9.53 Å². The van der Waals surface area contributed by atoms with Gasteiger partial charge in [0, 0.05) is 17.2 Å². The summed E-state index contributed by atoms with van der Waals surface area (Å²) in [4.78, 5) is 12.7. The molecule has 0 unspecified atom stereocenters. The van der Waals surface area contributed by atoms with Crippen molar-refractivity contribution in [1.82, 2.24) is 5.32 Å². The maximum Gasteiger partial charge on any atom is 0.407 e. The predicted molar refractivity (Wildman–Crippen MR) is 86.5 cm³/mol. The van der Waals surface area contributed by atoms with E-state index in [9.17, 15) is 4.79 Å². The van der Waals surface area contributed by atoms with E-state index in [4.69, 9.17) is 4.74 Å². The first-order chi connectivity index (χ1) is 10.2. The number of hydrogen-bond donors (Lipinski definition) is 1. The van der Waals surface area contributed by atoms with Gasteiger partial charge in [0.05, 0.1) is 0 Å². The van der Waals surface area contributed by atoms with Crippen LogP contribution in [0.15, 0.2) is 59.5 Å². The number of ether oxygens (including phenoxy) is 1. The molecule has 0 aliphatic heterocycles. The van der Waals surface area contributed by atoms with Gasteiger partial charge in [0.15, 0.2) is 0 Å².